The maximum Gasteiger partial charge on any atom is 0.303 e. The van der Waals surface area contributed by atoms with Gasteiger partial charge in [-0.3, -0.25) is 9.59 Å². The first-order valence-corrected chi connectivity index (χ1v) is 4.90. The van der Waals surface area contributed by atoms with Crippen LogP contribution in [0.5, 0.6) is 0 Å². The first kappa shape index (κ1) is 11.0. The molecular formula is C9H16N2O3. The number of carbonyl (C=O) groups excluding carboxylic acids is 1. The molecule has 5 heteroatoms. The first-order valence-electron chi connectivity index (χ1n) is 4.90. The molecule has 0 aliphatic carbocycles. The summed E-state index contributed by atoms with van der Waals surface area (Å²) in [6, 6.07) is 0.307. The van der Waals surface area contributed by atoms with Gasteiger partial charge < -0.3 is 15.7 Å². The Labute approximate surface area is 82.9 Å². The molecule has 14 heavy (non-hydrogen) atoms. The highest BCUT2D eigenvalue weighted by atomic mass is 16.4. The Bertz CT molecular complexity index is 208. The van der Waals surface area contributed by atoms with E-state index in [1.807, 2.05) is 0 Å². The highest BCUT2D eigenvalue weighted by molar-refractivity contribution is 5.76. The van der Waals surface area contributed by atoms with Crippen LogP contribution in [0.15, 0.2) is 0 Å². The molecule has 1 amide bonds. The summed E-state index contributed by atoms with van der Waals surface area (Å²) in [6.07, 6.45) is 2.25. The molecule has 1 atom stereocenters. The zero-order valence-electron chi connectivity index (χ0n) is 8.08. The third-order valence-corrected chi connectivity index (χ3v) is 2.27. The monoisotopic (exact) mass is 200 g/mol. The number of carbonyl (C=O) groups is 2. The lowest BCUT2D eigenvalue weighted by Crippen LogP contribution is -2.45. The molecule has 0 saturated carbocycles. The highest BCUT2D eigenvalue weighted by Crippen LogP contribution is 2.02. The van der Waals surface area contributed by atoms with E-state index in [0.717, 1.165) is 6.42 Å². The number of carboxylic acids is 1. The van der Waals surface area contributed by atoms with Crippen LogP contribution >= 0.6 is 0 Å². The summed E-state index contributed by atoms with van der Waals surface area (Å²) < 4.78 is 0. The third kappa shape index (κ3) is 4.23. The molecule has 1 heterocycles. The molecule has 1 fully saturated rings. The van der Waals surface area contributed by atoms with Crippen molar-refractivity contribution in [2.75, 3.05) is 13.1 Å². The quantitative estimate of drug-likeness (QED) is 0.533. The van der Waals surface area contributed by atoms with Gasteiger partial charge in [-0.05, 0) is 19.4 Å². The molecule has 3 N–H and O–H groups in total. The second-order valence-electron chi connectivity index (χ2n) is 3.49. The average molecular weight is 200 g/mol. The van der Waals surface area contributed by atoms with Crippen molar-refractivity contribution in [3.8, 4) is 0 Å². The Balaban J connectivity index is 2.02. The van der Waals surface area contributed by atoms with Crippen LogP contribution in [-0.4, -0.2) is 36.1 Å². The Morgan fingerprint density at radius 1 is 1.64 bits per heavy atom. The SMILES string of the molecule is O=C(O)CCCNC1CCC(=O)NC1. The fraction of sp³-hybridized carbons (Fsp3) is 0.778. The predicted molar refractivity (Wildman–Crippen MR) is 50.9 cm³/mol. The molecule has 0 aromatic heterocycles. The predicted octanol–water partition coefficient (Wildman–Crippen LogP) is -0.281. The molecule has 0 aromatic carbocycles. The molecule has 80 valence electrons. The van der Waals surface area contributed by atoms with Crippen molar-refractivity contribution in [3.05, 3.63) is 0 Å². The number of hydrogen-bond acceptors (Lipinski definition) is 3. The lowest BCUT2D eigenvalue weighted by atomic mass is 10.1. The second kappa shape index (κ2) is 5.59. The van der Waals surface area contributed by atoms with Crippen LogP contribution in [0.3, 0.4) is 0 Å². The number of rotatable bonds is 5. The van der Waals surface area contributed by atoms with Crippen molar-refractivity contribution in [2.24, 2.45) is 0 Å². The van der Waals surface area contributed by atoms with E-state index in [2.05, 4.69) is 10.6 Å². The maximum atomic E-state index is 10.8. The average Bonchev–Trinajstić information content (AvgIpc) is 2.15. The first-order chi connectivity index (χ1) is 6.68. The summed E-state index contributed by atoms with van der Waals surface area (Å²) in [6.45, 7) is 1.36. The summed E-state index contributed by atoms with van der Waals surface area (Å²) in [7, 11) is 0. The van der Waals surface area contributed by atoms with Crippen LogP contribution in [-0.2, 0) is 9.59 Å². The van der Waals surface area contributed by atoms with Crippen LogP contribution in [0.4, 0.5) is 0 Å². The van der Waals surface area contributed by atoms with Crippen molar-refractivity contribution in [1.82, 2.24) is 10.6 Å². The van der Waals surface area contributed by atoms with E-state index in [1.165, 1.54) is 0 Å². The van der Waals surface area contributed by atoms with E-state index in [9.17, 15) is 9.59 Å². The number of amides is 1. The van der Waals surface area contributed by atoms with Gasteiger partial charge >= 0.3 is 5.97 Å². The van der Waals surface area contributed by atoms with Gasteiger partial charge in [0.25, 0.3) is 0 Å². The minimum Gasteiger partial charge on any atom is -0.481 e. The molecule has 5 nitrogen and oxygen atoms in total. The molecule has 1 rings (SSSR count). The molecule has 1 aliphatic heterocycles. The minimum absolute atomic E-state index is 0.105. The summed E-state index contributed by atoms with van der Waals surface area (Å²) >= 11 is 0. The smallest absolute Gasteiger partial charge is 0.303 e. The highest BCUT2D eigenvalue weighted by Gasteiger charge is 2.16. The van der Waals surface area contributed by atoms with Crippen LogP contribution in [0, 0.1) is 0 Å². The fourth-order valence-electron chi connectivity index (χ4n) is 1.45. The van der Waals surface area contributed by atoms with E-state index in [1.54, 1.807) is 0 Å². The molecule has 0 spiro atoms. The lowest BCUT2D eigenvalue weighted by Gasteiger charge is -2.23. The lowest BCUT2D eigenvalue weighted by molar-refractivity contribution is -0.137. The zero-order valence-corrected chi connectivity index (χ0v) is 8.08. The molecular weight excluding hydrogens is 184 g/mol. The molecule has 1 saturated heterocycles. The van der Waals surface area contributed by atoms with E-state index >= 15 is 0 Å². The fourth-order valence-corrected chi connectivity index (χ4v) is 1.45. The summed E-state index contributed by atoms with van der Waals surface area (Å²) in [4.78, 5) is 21.0. The van der Waals surface area contributed by atoms with Gasteiger partial charge in [0.2, 0.25) is 5.91 Å². The number of aliphatic carboxylic acids is 1. The second-order valence-corrected chi connectivity index (χ2v) is 3.49. The Hall–Kier alpha value is -1.10. The Morgan fingerprint density at radius 3 is 3.00 bits per heavy atom. The topological polar surface area (TPSA) is 78.4 Å². The number of hydrogen-bond donors (Lipinski definition) is 3. The number of piperidine rings is 1. The zero-order chi connectivity index (χ0) is 10.4. The van der Waals surface area contributed by atoms with Crippen LogP contribution in [0.2, 0.25) is 0 Å². The van der Waals surface area contributed by atoms with Gasteiger partial charge in [-0.1, -0.05) is 0 Å². The van der Waals surface area contributed by atoms with Gasteiger partial charge in [-0.15, -0.1) is 0 Å². The van der Waals surface area contributed by atoms with Crippen LogP contribution in [0.1, 0.15) is 25.7 Å². The van der Waals surface area contributed by atoms with Crippen molar-refractivity contribution in [3.63, 3.8) is 0 Å². The largest absolute Gasteiger partial charge is 0.481 e. The molecule has 0 radical (unpaired) electrons. The van der Waals surface area contributed by atoms with E-state index in [0.29, 0.717) is 32.0 Å². The van der Waals surface area contributed by atoms with Crippen LogP contribution in [0.25, 0.3) is 0 Å². The molecule has 1 unspecified atom stereocenters. The number of carboxylic acid groups (broad SMARTS) is 1. The maximum absolute atomic E-state index is 10.8. The normalized spacial score (nSPS) is 21.7. The number of nitrogens with one attached hydrogen (secondary N) is 2. The molecule has 1 aliphatic rings. The molecule has 0 aromatic rings. The van der Waals surface area contributed by atoms with Gasteiger partial charge in [0.05, 0.1) is 0 Å². The van der Waals surface area contributed by atoms with E-state index in [-0.39, 0.29) is 12.3 Å². The van der Waals surface area contributed by atoms with Gasteiger partial charge in [0, 0.05) is 25.4 Å². The molecule has 0 bridgehead atoms. The Kier molecular flexibility index (Phi) is 4.39. The van der Waals surface area contributed by atoms with Crippen molar-refractivity contribution < 1.29 is 14.7 Å². The van der Waals surface area contributed by atoms with Gasteiger partial charge in [-0.25, -0.2) is 0 Å². The minimum atomic E-state index is -0.760. The van der Waals surface area contributed by atoms with E-state index < -0.39 is 5.97 Å². The summed E-state index contributed by atoms with van der Waals surface area (Å²) in [5, 5.41) is 14.4. The standard InChI is InChI=1S/C9H16N2O3/c12-8-4-3-7(6-11-8)10-5-1-2-9(13)14/h7,10H,1-6H2,(H,11,12)(H,13,14). The van der Waals surface area contributed by atoms with Crippen molar-refractivity contribution in [1.29, 1.82) is 0 Å². The van der Waals surface area contributed by atoms with Crippen molar-refractivity contribution >= 4 is 11.9 Å². The summed E-state index contributed by atoms with van der Waals surface area (Å²) in [5.41, 5.74) is 0. The van der Waals surface area contributed by atoms with Gasteiger partial charge in [0.15, 0.2) is 0 Å². The van der Waals surface area contributed by atoms with Crippen LogP contribution < -0.4 is 10.6 Å². The third-order valence-electron chi connectivity index (χ3n) is 2.27. The van der Waals surface area contributed by atoms with Gasteiger partial charge in [-0.2, -0.15) is 0 Å². The Morgan fingerprint density at radius 2 is 2.43 bits per heavy atom. The van der Waals surface area contributed by atoms with E-state index in [4.69, 9.17) is 5.11 Å². The van der Waals surface area contributed by atoms with Gasteiger partial charge in [0.1, 0.15) is 0 Å². The summed E-state index contributed by atoms with van der Waals surface area (Å²) in [5.74, 6) is -0.655. The van der Waals surface area contributed by atoms with Crippen molar-refractivity contribution in [2.45, 2.75) is 31.7 Å².